The Morgan fingerprint density at radius 2 is 2.05 bits per heavy atom. The second-order valence-electron chi connectivity index (χ2n) is 5.15. The van der Waals surface area contributed by atoms with E-state index in [0.717, 1.165) is 19.6 Å². The van der Waals surface area contributed by atoms with Gasteiger partial charge in [0.05, 0.1) is 0 Å². The molecule has 0 aliphatic carbocycles. The van der Waals surface area contributed by atoms with E-state index in [-0.39, 0.29) is 0 Å². The van der Waals surface area contributed by atoms with E-state index in [1.807, 2.05) is 0 Å². The minimum Gasteiger partial charge on any atom is -0.370 e. The first-order chi connectivity index (χ1) is 9.36. The Morgan fingerprint density at radius 3 is 2.68 bits per heavy atom. The van der Waals surface area contributed by atoms with Gasteiger partial charge in [0.2, 0.25) is 0 Å². The molecule has 3 rings (SSSR count). The van der Waals surface area contributed by atoms with E-state index in [1.54, 1.807) is 0 Å². The lowest BCUT2D eigenvalue weighted by Gasteiger charge is -2.27. The molecule has 19 heavy (non-hydrogen) atoms. The van der Waals surface area contributed by atoms with Crippen LogP contribution in [0.3, 0.4) is 0 Å². The van der Waals surface area contributed by atoms with Crippen molar-refractivity contribution in [3.8, 4) is 0 Å². The maximum atomic E-state index is 3.36. The third-order valence-electron chi connectivity index (χ3n) is 3.97. The lowest BCUT2D eigenvalue weighted by Crippen LogP contribution is -2.30. The molecule has 2 aliphatic rings. The molecule has 0 spiro atoms. The minimum atomic E-state index is 0.640. The van der Waals surface area contributed by atoms with Crippen LogP contribution in [0.5, 0.6) is 0 Å². The van der Waals surface area contributed by atoms with Crippen LogP contribution in [0.4, 0.5) is 5.69 Å². The highest BCUT2D eigenvalue weighted by Gasteiger charge is 2.22. The van der Waals surface area contributed by atoms with Crippen LogP contribution in [-0.4, -0.2) is 37.6 Å². The maximum absolute atomic E-state index is 3.36. The molecule has 1 fully saturated rings. The van der Waals surface area contributed by atoms with E-state index in [2.05, 4.69) is 70.8 Å². The van der Waals surface area contributed by atoms with Crippen molar-refractivity contribution in [1.29, 1.82) is 0 Å². The number of hydrogen-bond donors (Lipinski definition) is 1. The molecule has 2 heterocycles. The van der Waals surface area contributed by atoms with E-state index in [0.29, 0.717) is 6.04 Å². The lowest BCUT2D eigenvalue weighted by molar-refractivity contribution is 0.422. The van der Waals surface area contributed by atoms with Crippen molar-refractivity contribution in [3.63, 3.8) is 0 Å². The van der Waals surface area contributed by atoms with Crippen molar-refractivity contribution in [2.24, 2.45) is 0 Å². The van der Waals surface area contributed by atoms with Gasteiger partial charge in [-0.3, -0.25) is 0 Å². The topological polar surface area (TPSA) is 18.5 Å². The minimum absolute atomic E-state index is 0.640. The fourth-order valence-corrected chi connectivity index (χ4v) is 2.76. The molecule has 2 aliphatic heterocycles. The summed E-state index contributed by atoms with van der Waals surface area (Å²) < 4.78 is 0. The number of likely N-dealkylation sites (N-methyl/N-ethyl adjacent to an activating group) is 1. The number of allylic oxidation sites excluding steroid dienone is 1. The van der Waals surface area contributed by atoms with Gasteiger partial charge in [-0.05, 0) is 37.8 Å². The smallest absolute Gasteiger partial charge is 0.0428 e. The van der Waals surface area contributed by atoms with Crippen molar-refractivity contribution >= 4 is 5.69 Å². The van der Waals surface area contributed by atoms with Crippen molar-refractivity contribution in [2.75, 3.05) is 31.6 Å². The summed E-state index contributed by atoms with van der Waals surface area (Å²) in [6.07, 6.45) is 7.99. The third kappa shape index (κ3) is 2.66. The number of nitrogens with zero attached hydrogens (tertiary/aromatic N) is 2. The Morgan fingerprint density at radius 1 is 1.21 bits per heavy atom. The Balaban J connectivity index is 1.64. The highest BCUT2D eigenvalue weighted by Crippen LogP contribution is 2.22. The molecule has 1 aromatic carbocycles. The lowest BCUT2D eigenvalue weighted by atomic mass is 10.2. The van der Waals surface area contributed by atoms with Gasteiger partial charge in [-0.15, -0.1) is 0 Å². The molecule has 0 bridgehead atoms. The van der Waals surface area contributed by atoms with Crippen LogP contribution < -0.4 is 10.2 Å². The molecular weight excluding hydrogens is 234 g/mol. The summed E-state index contributed by atoms with van der Waals surface area (Å²) in [7, 11) is 2.05. The van der Waals surface area contributed by atoms with Crippen LogP contribution >= 0.6 is 0 Å². The molecule has 1 aromatic rings. The SMILES string of the molecule is CN[C@@H]1CCN(C2=CCN(c3ccccc3)C=C2)C1. The van der Waals surface area contributed by atoms with Crippen molar-refractivity contribution in [2.45, 2.75) is 12.5 Å². The number of nitrogens with one attached hydrogen (secondary N) is 1. The third-order valence-corrected chi connectivity index (χ3v) is 3.97. The largest absolute Gasteiger partial charge is 0.370 e. The van der Waals surface area contributed by atoms with Crippen LogP contribution in [-0.2, 0) is 0 Å². The van der Waals surface area contributed by atoms with Crippen LogP contribution in [0.1, 0.15) is 6.42 Å². The zero-order valence-corrected chi connectivity index (χ0v) is 11.4. The summed E-state index contributed by atoms with van der Waals surface area (Å²) in [5, 5.41) is 3.36. The van der Waals surface area contributed by atoms with Crippen LogP contribution in [0.25, 0.3) is 0 Å². The molecule has 0 amide bonds. The zero-order valence-electron chi connectivity index (χ0n) is 11.4. The molecule has 0 radical (unpaired) electrons. The second kappa shape index (κ2) is 5.49. The van der Waals surface area contributed by atoms with Gasteiger partial charge in [-0.25, -0.2) is 0 Å². The molecule has 3 heteroatoms. The van der Waals surface area contributed by atoms with Crippen molar-refractivity contribution in [3.05, 3.63) is 54.4 Å². The van der Waals surface area contributed by atoms with Crippen LogP contribution in [0, 0.1) is 0 Å². The fourth-order valence-electron chi connectivity index (χ4n) is 2.76. The summed E-state index contributed by atoms with van der Waals surface area (Å²) in [5.74, 6) is 0. The van der Waals surface area contributed by atoms with Crippen LogP contribution in [0.15, 0.2) is 54.4 Å². The highest BCUT2D eigenvalue weighted by molar-refractivity contribution is 5.52. The van der Waals surface area contributed by atoms with Crippen LogP contribution in [0.2, 0.25) is 0 Å². The molecule has 1 atom stereocenters. The van der Waals surface area contributed by atoms with E-state index in [1.165, 1.54) is 17.8 Å². The van der Waals surface area contributed by atoms with Gasteiger partial charge in [0, 0.05) is 43.3 Å². The first-order valence-corrected chi connectivity index (χ1v) is 6.99. The monoisotopic (exact) mass is 255 g/mol. The van der Waals surface area contributed by atoms with Crippen molar-refractivity contribution < 1.29 is 0 Å². The molecule has 3 nitrogen and oxygen atoms in total. The van der Waals surface area contributed by atoms with Gasteiger partial charge in [-0.1, -0.05) is 18.2 Å². The zero-order chi connectivity index (χ0) is 13.1. The number of hydrogen-bond acceptors (Lipinski definition) is 3. The van der Waals surface area contributed by atoms with Gasteiger partial charge in [0.15, 0.2) is 0 Å². The van der Waals surface area contributed by atoms with Gasteiger partial charge in [0.1, 0.15) is 0 Å². The molecule has 0 unspecified atom stereocenters. The summed E-state index contributed by atoms with van der Waals surface area (Å²) in [5.41, 5.74) is 2.62. The Labute approximate surface area is 115 Å². The fraction of sp³-hybridized carbons (Fsp3) is 0.375. The Kier molecular flexibility index (Phi) is 3.56. The molecule has 1 N–H and O–H groups in total. The first kappa shape index (κ1) is 12.3. The summed E-state index contributed by atoms with van der Waals surface area (Å²) in [6.45, 7) is 3.24. The molecule has 0 saturated carbocycles. The predicted molar refractivity (Wildman–Crippen MR) is 80.0 cm³/mol. The average molecular weight is 255 g/mol. The molecule has 0 aromatic heterocycles. The summed E-state index contributed by atoms with van der Waals surface area (Å²) in [4.78, 5) is 4.75. The molecular formula is C16H21N3. The van der Waals surface area contributed by atoms with E-state index in [9.17, 15) is 0 Å². The number of benzene rings is 1. The summed E-state index contributed by atoms with van der Waals surface area (Å²) >= 11 is 0. The maximum Gasteiger partial charge on any atom is 0.0428 e. The Bertz CT molecular complexity index is 478. The Hall–Kier alpha value is -1.74. The first-order valence-electron chi connectivity index (χ1n) is 6.99. The summed E-state index contributed by atoms with van der Waals surface area (Å²) in [6, 6.07) is 11.2. The van der Waals surface area contributed by atoms with Gasteiger partial charge >= 0.3 is 0 Å². The van der Waals surface area contributed by atoms with Crippen molar-refractivity contribution in [1.82, 2.24) is 10.2 Å². The van der Waals surface area contributed by atoms with Gasteiger partial charge in [-0.2, -0.15) is 0 Å². The highest BCUT2D eigenvalue weighted by atomic mass is 15.2. The second-order valence-corrected chi connectivity index (χ2v) is 5.15. The van der Waals surface area contributed by atoms with E-state index in [4.69, 9.17) is 0 Å². The molecule has 100 valence electrons. The quantitative estimate of drug-likeness (QED) is 0.893. The van der Waals surface area contributed by atoms with Gasteiger partial charge < -0.3 is 15.1 Å². The predicted octanol–water partition coefficient (Wildman–Crippen LogP) is 2.20. The van der Waals surface area contributed by atoms with Gasteiger partial charge in [0.25, 0.3) is 0 Å². The van der Waals surface area contributed by atoms with E-state index >= 15 is 0 Å². The molecule has 1 saturated heterocycles. The van der Waals surface area contributed by atoms with E-state index < -0.39 is 0 Å². The number of likely N-dealkylation sites (tertiary alicyclic amines) is 1. The number of rotatable bonds is 3. The number of para-hydroxylation sites is 1. The average Bonchev–Trinajstić information content (AvgIpc) is 2.97. The normalized spacial score (nSPS) is 22.8. The number of anilines is 1. The standard InChI is InChI=1S/C16H21N3/c1-17-14-7-10-19(13-14)16-8-11-18(12-9-16)15-5-3-2-4-6-15/h2-6,8-9,11,14,17H,7,10,12-13H2,1H3/t14-/m1/s1.